The highest BCUT2D eigenvalue weighted by Gasteiger charge is 2.24. The van der Waals surface area contributed by atoms with E-state index in [4.69, 9.17) is 11.6 Å². The standard InChI is InChI=1S/C15H17ClN4O2/c16-11-7-3-4-8-12(11)20-17-13(15(21)22)14(18-20)19-9-5-1-2-6-10-19/h3-4,7-8H,1-2,5-6,9-10H2,(H,21,22). The predicted molar refractivity (Wildman–Crippen MR) is 84.0 cm³/mol. The van der Waals surface area contributed by atoms with E-state index >= 15 is 0 Å². The Hall–Kier alpha value is -2.08. The third kappa shape index (κ3) is 2.92. The molecule has 0 spiro atoms. The Labute approximate surface area is 133 Å². The van der Waals surface area contributed by atoms with Crippen molar-refractivity contribution in [2.24, 2.45) is 0 Å². The minimum absolute atomic E-state index is 0.0261. The van der Waals surface area contributed by atoms with Gasteiger partial charge in [0, 0.05) is 13.1 Å². The van der Waals surface area contributed by atoms with Crippen LogP contribution in [0.3, 0.4) is 0 Å². The minimum Gasteiger partial charge on any atom is -0.476 e. The number of hydrogen-bond donors (Lipinski definition) is 1. The summed E-state index contributed by atoms with van der Waals surface area (Å²) in [4.78, 5) is 14.8. The smallest absolute Gasteiger partial charge is 0.360 e. The van der Waals surface area contributed by atoms with E-state index in [1.54, 1.807) is 12.1 Å². The van der Waals surface area contributed by atoms with Crippen molar-refractivity contribution >= 4 is 23.4 Å². The molecule has 1 saturated heterocycles. The quantitative estimate of drug-likeness (QED) is 0.941. The molecule has 0 unspecified atom stereocenters. The van der Waals surface area contributed by atoms with Crippen LogP contribution in [0.2, 0.25) is 5.02 Å². The van der Waals surface area contributed by atoms with Crippen LogP contribution in [0, 0.1) is 0 Å². The van der Waals surface area contributed by atoms with Crippen molar-refractivity contribution in [3.05, 3.63) is 35.0 Å². The largest absolute Gasteiger partial charge is 0.476 e. The number of carbonyl (C=O) groups is 1. The summed E-state index contributed by atoms with van der Waals surface area (Å²) in [6, 6.07) is 7.12. The van der Waals surface area contributed by atoms with E-state index in [9.17, 15) is 9.90 Å². The summed E-state index contributed by atoms with van der Waals surface area (Å²) in [5, 5.41) is 18.4. The first-order valence-corrected chi connectivity index (χ1v) is 7.75. The molecule has 1 aromatic heterocycles. The highest BCUT2D eigenvalue weighted by atomic mass is 35.5. The van der Waals surface area contributed by atoms with E-state index in [0.717, 1.165) is 38.8 Å². The van der Waals surface area contributed by atoms with Gasteiger partial charge in [-0.05, 0) is 25.0 Å². The van der Waals surface area contributed by atoms with E-state index < -0.39 is 5.97 Å². The molecular weight excluding hydrogens is 304 g/mol. The second-order valence-corrected chi connectivity index (χ2v) is 5.73. The number of anilines is 1. The van der Waals surface area contributed by atoms with Gasteiger partial charge in [0.1, 0.15) is 5.69 Å². The first kappa shape index (κ1) is 14.8. The number of carboxylic acids is 1. The summed E-state index contributed by atoms with van der Waals surface area (Å²) in [5.41, 5.74) is 0.551. The molecule has 1 aromatic carbocycles. The number of aromatic nitrogens is 3. The minimum atomic E-state index is -1.07. The maximum Gasteiger partial charge on any atom is 0.360 e. The summed E-state index contributed by atoms with van der Waals surface area (Å²) in [6.45, 7) is 1.61. The number of hydrogen-bond acceptors (Lipinski definition) is 4. The summed E-state index contributed by atoms with van der Waals surface area (Å²) in [5.74, 6) is -0.646. The van der Waals surface area contributed by atoms with Crippen LogP contribution >= 0.6 is 11.6 Å². The van der Waals surface area contributed by atoms with E-state index in [2.05, 4.69) is 10.2 Å². The Balaban J connectivity index is 2.02. The highest BCUT2D eigenvalue weighted by Crippen LogP contribution is 2.24. The summed E-state index contributed by atoms with van der Waals surface area (Å²) in [6.07, 6.45) is 4.41. The number of para-hydroxylation sites is 1. The fourth-order valence-corrected chi connectivity index (χ4v) is 2.87. The molecule has 1 aliphatic heterocycles. The average molecular weight is 321 g/mol. The Morgan fingerprint density at radius 2 is 1.77 bits per heavy atom. The van der Waals surface area contributed by atoms with Crippen molar-refractivity contribution in [3.8, 4) is 5.69 Å². The molecule has 116 valence electrons. The zero-order valence-electron chi connectivity index (χ0n) is 12.1. The predicted octanol–water partition coefficient (Wildman–Crippen LogP) is 3.00. The van der Waals surface area contributed by atoms with Crippen molar-refractivity contribution < 1.29 is 9.90 Å². The van der Waals surface area contributed by atoms with Gasteiger partial charge >= 0.3 is 5.97 Å². The van der Waals surface area contributed by atoms with Gasteiger partial charge in [0.2, 0.25) is 5.69 Å². The molecular formula is C15H17ClN4O2. The molecule has 1 fully saturated rings. The topological polar surface area (TPSA) is 71.2 Å². The molecule has 0 bridgehead atoms. The lowest BCUT2D eigenvalue weighted by molar-refractivity contribution is 0.0690. The van der Waals surface area contributed by atoms with E-state index in [1.165, 1.54) is 4.80 Å². The molecule has 2 aromatic rings. The SMILES string of the molecule is O=C(O)c1nn(-c2ccccc2Cl)nc1N1CCCCCC1. The molecule has 0 radical (unpaired) electrons. The third-order valence-electron chi connectivity index (χ3n) is 3.77. The maximum absolute atomic E-state index is 11.5. The number of rotatable bonds is 3. The molecule has 1 N–H and O–H groups in total. The van der Waals surface area contributed by atoms with Gasteiger partial charge in [-0.3, -0.25) is 0 Å². The van der Waals surface area contributed by atoms with Crippen LogP contribution in [0.5, 0.6) is 0 Å². The summed E-state index contributed by atoms with van der Waals surface area (Å²) < 4.78 is 0. The van der Waals surface area contributed by atoms with Crippen molar-refractivity contribution in [3.63, 3.8) is 0 Å². The van der Waals surface area contributed by atoms with Crippen LogP contribution in [0.1, 0.15) is 36.2 Å². The molecule has 3 rings (SSSR count). The van der Waals surface area contributed by atoms with Crippen LogP contribution in [0.4, 0.5) is 5.82 Å². The van der Waals surface area contributed by atoms with Gasteiger partial charge in [0.05, 0.1) is 5.02 Å². The molecule has 1 aliphatic rings. The molecule has 22 heavy (non-hydrogen) atoms. The third-order valence-corrected chi connectivity index (χ3v) is 4.09. The van der Waals surface area contributed by atoms with Crippen molar-refractivity contribution in [2.45, 2.75) is 25.7 Å². The van der Waals surface area contributed by atoms with Gasteiger partial charge < -0.3 is 10.0 Å². The van der Waals surface area contributed by atoms with Crippen LogP contribution in [0.15, 0.2) is 24.3 Å². The lowest BCUT2D eigenvalue weighted by atomic mass is 10.2. The fourth-order valence-electron chi connectivity index (χ4n) is 2.65. The van der Waals surface area contributed by atoms with Crippen LogP contribution in [0.25, 0.3) is 5.69 Å². The second-order valence-electron chi connectivity index (χ2n) is 5.32. The lowest BCUT2D eigenvalue weighted by Crippen LogP contribution is -2.26. The molecule has 0 saturated carbocycles. The zero-order chi connectivity index (χ0) is 15.5. The second kappa shape index (κ2) is 6.36. The van der Waals surface area contributed by atoms with Crippen molar-refractivity contribution in [1.29, 1.82) is 0 Å². The first-order chi connectivity index (χ1) is 10.7. The van der Waals surface area contributed by atoms with Gasteiger partial charge in [0.15, 0.2) is 5.82 Å². The van der Waals surface area contributed by atoms with Crippen LogP contribution in [-0.4, -0.2) is 39.2 Å². The average Bonchev–Trinajstić information content (AvgIpc) is 2.76. The van der Waals surface area contributed by atoms with Crippen LogP contribution < -0.4 is 4.90 Å². The number of nitrogens with zero attached hydrogens (tertiary/aromatic N) is 4. The van der Waals surface area contributed by atoms with E-state index in [0.29, 0.717) is 16.5 Å². The maximum atomic E-state index is 11.5. The Bertz CT molecular complexity index is 678. The van der Waals surface area contributed by atoms with Gasteiger partial charge in [-0.2, -0.15) is 0 Å². The van der Waals surface area contributed by atoms with Crippen molar-refractivity contribution in [2.75, 3.05) is 18.0 Å². The zero-order valence-corrected chi connectivity index (χ0v) is 12.8. The van der Waals surface area contributed by atoms with Gasteiger partial charge in [0.25, 0.3) is 0 Å². The summed E-state index contributed by atoms with van der Waals surface area (Å²) >= 11 is 6.15. The van der Waals surface area contributed by atoms with E-state index in [1.807, 2.05) is 17.0 Å². The van der Waals surface area contributed by atoms with Crippen LogP contribution in [-0.2, 0) is 0 Å². The Morgan fingerprint density at radius 3 is 2.41 bits per heavy atom. The molecule has 0 amide bonds. The number of carboxylic acid groups (broad SMARTS) is 1. The monoisotopic (exact) mass is 320 g/mol. The highest BCUT2D eigenvalue weighted by molar-refractivity contribution is 6.32. The first-order valence-electron chi connectivity index (χ1n) is 7.37. The van der Waals surface area contributed by atoms with Crippen molar-refractivity contribution in [1.82, 2.24) is 15.0 Å². The van der Waals surface area contributed by atoms with Gasteiger partial charge in [-0.15, -0.1) is 15.0 Å². The Kier molecular flexibility index (Phi) is 4.29. The molecule has 7 heteroatoms. The van der Waals surface area contributed by atoms with Gasteiger partial charge in [-0.1, -0.05) is 36.6 Å². The van der Waals surface area contributed by atoms with Gasteiger partial charge in [-0.25, -0.2) is 4.79 Å². The van der Waals surface area contributed by atoms with E-state index in [-0.39, 0.29) is 5.69 Å². The fraction of sp³-hybridized carbons (Fsp3) is 0.400. The normalized spacial score (nSPS) is 15.6. The number of halogens is 1. The number of benzene rings is 1. The molecule has 0 aliphatic carbocycles. The number of aromatic carboxylic acids is 1. The molecule has 0 atom stereocenters. The lowest BCUT2D eigenvalue weighted by Gasteiger charge is -2.19. The Morgan fingerprint density at radius 1 is 1.09 bits per heavy atom. The molecule has 2 heterocycles. The summed E-state index contributed by atoms with van der Waals surface area (Å²) in [7, 11) is 0. The molecule has 6 nitrogen and oxygen atoms in total.